The van der Waals surface area contributed by atoms with Crippen LogP contribution in [0.25, 0.3) is 0 Å². The number of carbonyl (C=O) groups is 1. The van der Waals surface area contributed by atoms with E-state index >= 15 is 0 Å². The van der Waals surface area contributed by atoms with Gasteiger partial charge in [-0.25, -0.2) is 8.42 Å². The molecule has 0 unspecified atom stereocenters. The number of carbonyl (C=O) groups excluding carboxylic acids is 1. The summed E-state index contributed by atoms with van der Waals surface area (Å²) in [5, 5.41) is 3.26. The van der Waals surface area contributed by atoms with Gasteiger partial charge in [0.25, 0.3) is 15.9 Å². The van der Waals surface area contributed by atoms with E-state index in [0.717, 1.165) is 38.4 Å². The normalized spacial score (nSPS) is 16.9. The van der Waals surface area contributed by atoms with Gasteiger partial charge in [0.05, 0.1) is 17.7 Å². The standard InChI is InChI=1S/C24H32ClN3O4S/c1-18-7-6-14-28(17-18)13-4-3-12-26-24(29)19-8-5-9-21(15-19)33(30,31)27-22-16-20(25)10-11-23(22)32-2/h5,8-11,15-16,18,27H,3-4,6-7,12-14,17H2,1-2H3,(H,26,29)/t18-/m1/s1. The second kappa shape index (κ2) is 11.7. The average Bonchev–Trinajstić information content (AvgIpc) is 2.79. The smallest absolute Gasteiger partial charge is 0.262 e. The lowest BCUT2D eigenvalue weighted by molar-refractivity contribution is 0.0952. The Kier molecular flexibility index (Phi) is 9.00. The molecule has 1 aliphatic rings. The van der Waals surface area contributed by atoms with E-state index in [1.807, 2.05) is 0 Å². The molecular formula is C24H32ClN3O4S. The van der Waals surface area contributed by atoms with E-state index in [0.29, 0.717) is 22.9 Å². The summed E-state index contributed by atoms with van der Waals surface area (Å²) >= 11 is 5.99. The van der Waals surface area contributed by atoms with Crippen molar-refractivity contribution in [2.24, 2.45) is 5.92 Å². The number of halogens is 1. The van der Waals surface area contributed by atoms with Crippen LogP contribution < -0.4 is 14.8 Å². The molecule has 0 bridgehead atoms. The maximum absolute atomic E-state index is 12.9. The summed E-state index contributed by atoms with van der Waals surface area (Å²) in [5.74, 6) is 0.811. The third kappa shape index (κ3) is 7.35. The van der Waals surface area contributed by atoms with Crippen molar-refractivity contribution in [3.05, 3.63) is 53.1 Å². The van der Waals surface area contributed by atoms with Crippen LogP contribution in [0.2, 0.25) is 5.02 Å². The summed E-state index contributed by atoms with van der Waals surface area (Å²) in [7, 11) is -2.50. The highest BCUT2D eigenvalue weighted by Crippen LogP contribution is 2.30. The summed E-state index contributed by atoms with van der Waals surface area (Å²) in [6.07, 6.45) is 4.47. The van der Waals surface area contributed by atoms with Gasteiger partial charge in [0, 0.05) is 23.7 Å². The number of sulfonamides is 1. The molecule has 0 aliphatic carbocycles. The number of amides is 1. The Hall–Kier alpha value is -2.29. The molecule has 9 heteroatoms. The molecular weight excluding hydrogens is 462 g/mol. The lowest BCUT2D eigenvalue weighted by atomic mass is 10.0. The number of rotatable bonds is 10. The van der Waals surface area contributed by atoms with Crippen LogP contribution >= 0.6 is 11.6 Å². The molecule has 7 nitrogen and oxygen atoms in total. The number of piperidine rings is 1. The van der Waals surface area contributed by atoms with Crippen LogP contribution in [-0.2, 0) is 10.0 Å². The van der Waals surface area contributed by atoms with Crippen LogP contribution in [0.5, 0.6) is 5.75 Å². The van der Waals surface area contributed by atoms with Gasteiger partial charge >= 0.3 is 0 Å². The quantitative estimate of drug-likeness (QED) is 0.479. The van der Waals surface area contributed by atoms with Gasteiger partial charge in [0.2, 0.25) is 0 Å². The van der Waals surface area contributed by atoms with Gasteiger partial charge in [-0.3, -0.25) is 9.52 Å². The monoisotopic (exact) mass is 493 g/mol. The fraction of sp³-hybridized carbons (Fsp3) is 0.458. The SMILES string of the molecule is COc1ccc(Cl)cc1NS(=O)(=O)c1cccc(C(=O)NCCCCN2CCC[C@@H](C)C2)c1. The van der Waals surface area contributed by atoms with Crippen molar-refractivity contribution in [3.63, 3.8) is 0 Å². The van der Waals surface area contributed by atoms with Crippen LogP contribution in [0.3, 0.4) is 0 Å². The zero-order valence-corrected chi connectivity index (χ0v) is 20.7. The molecule has 1 heterocycles. The minimum atomic E-state index is -3.94. The molecule has 180 valence electrons. The number of hydrogen-bond donors (Lipinski definition) is 2. The van der Waals surface area contributed by atoms with E-state index in [1.54, 1.807) is 24.3 Å². The first-order valence-corrected chi connectivity index (χ1v) is 13.1. The van der Waals surface area contributed by atoms with Crippen LogP contribution in [0.15, 0.2) is 47.4 Å². The maximum atomic E-state index is 12.9. The average molecular weight is 494 g/mol. The Morgan fingerprint density at radius 2 is 2.03 bits per heavy atom. The highest BCUT2D eigenvalue weighted by Gasteiger charge is 2.19. The van der Waals surface area contributed by atoms with Crippen molar-refractivity contribution in [1.29, 1.82) is 0 Å². The molecule has 1 saturated heterocycles. The molecule has 1 fully saturated rings. The molecule has 3 rings (SSSR count). The van der Waals surface area contributed by atoms with E-state index in [4.69, 9.17) is 16.3 Å². The highest BCUT2D eigenvalue weighted by atomic mass is 35.5. The first-order chi connectivity index (χ1) is 15.8. The van der Waals surface area contributed by atoms with E-state index in [9.17, 15) is 13.2 Å². The Balaban J connectivity index is 1.55. The number of likely N-dealkylation sites (tertiary alicyclic amines) is 1. The van der Waals surface area contributed by atoms with Crippen molar-refractivity contribution < 1.29 is 17.9 Å². The van der Waals surface area contributed by atoms with Crippen LogP contribution in [-0.4, -0.2) is 52.5 Å². The molecule has 2 aromatic carbocycles. The minimum Gasteiger partial charge on any atom is -0.495 e. The molecule has 1 atom stereocenters. The Morgan fingerprint density at radius 3 is 2.79 bits per heavy atom. The summed E-state index contributed by atoms with van der Waals surface area (Å²) < 4.78 is 33.4. The number of benzene rings is 2. The zero-order valence-electron chi connectivity index (χ0n) is 19.1. The third-order valence-corrected chi connectivity index (χ3v) is 7.34. The second-order valence-electron chi connectivity index (χ2n) is 8.49. The zero-order chi connectivity index (χ0) is 23.8. The molecule has 0 spiro atoms. The maximum Gasteiger partial charge on any atom is 0.262 e. The topological polar surface area (TPSA) is 87.7 Å². The lowest BCUT2D eigenvalue weighted by Crippen LogP contribution is -2.35. The van der Waals surface area contributed by atoms with Gasteiger partial charge in [0.1, 0.15) is 5.75 Å². The molecule has 2 N–H and O–H groups in total. The van der Waals surface area contributed by atoms with Crippen molar-refractivity contribution in [3.8, 4) is 5.75 Å². The minimum absolute atomic E-state index is 0.0172. The largest absolute Gasteiger partial charge is 0.495 e. The molecule has 0 aromatic heterocycles. The Morgan fingerprint density at radius 1 is 1.21 bits per heavy atom. The van der Waals surface area contributed by atoms with Crippen LogP contribution in [0.4, 0.5) is 5.69 Å². The summed E-state index contributed by atoms with van der Waals surface area (Å²) in [6, 6.07) is 10.6. The second-order valence-corrected chi connectivity index (χ2v) is 10.6. The Labute approximate surface area is 201 Å². The van der Waals surface area contributed by atoms with Crippen molar-refractivity contribution in [2.45, 2.75) is 37.5 Å². The van der Waals surface area contributed by atoms with Crippen LogP contribution in [0.1, 0.15) is 43.0 Å². The number of nitrogens with one attached hydrogen (secondary N) is 2. The predicted molar refractivity (Wildman–Crippen MR) is 132 cm³/mol. The molecule has 0 radical (unpaired) electrons. The van der Waals surface area contributed by atoms with Gasteiger partial charge in [-0.05, 0) is 81.1 Å². The fourth-order valence-corrected chi connectivity index (χ4v) is 5.30. The van der Waals surface area contributed by atoms with E-state index < -0.39 is 10.0 Å². The first kappa shape index (κ1) is 25.3. The fourth-order valence-electron chi connectivity index (χ4n) is 4.02. The third-order valence-electron chi connectivity index (χ3n) is 5.74. The highest BCUT2D eigenvalue weighted by molar-refractivity contribution is 7.92. The molecule has 33 heavy (non-hydrogen) atoms. The molecule has 1 amide bonds. The summed E-state index contributed by atoms with van der Waals surface area (Å²) in [5.41, 5.74) is 0.517. The van der Waals surface area contributed by atoms with Gasteiger partial charge in [-0.2, -0.15) is 0 Å². The molecule has 0 saturated carbocycles. The van der Waals surface area contributed by atoms with Gasteiger partial charge in [-0.1, -0.05) is 24.6 Å². The summed E-state index contributed by atoms with van der Waals surface area (Å²) in [4.78, 5) is 15.0. The number of unbranched alkanes of at least 4 members (excludes halogenated alkanes) is 1. The van der Waals surface area contributed by atoms with E-state index in [1.165, 1.54) is 38.2 Å². The molecule has 1 aliphatic heterocycles. The van der Waals surface area contributed by atoms with Crippen molar-refractivity contribution in [2.75, 3.05) is 38.0 Å². The number of nitrogens with zero attached hydrogens (tertiary/aromatic N) is 1. The van der Waals surface area contributed by atoms with Gasteiger partial charge in [-0.15, -0.1) is 0 Å². The van der Waals surface area contributed by atoms with Gasteiger partial charge < -0.3 is 15.0 Å². The Bertz CT molecular complexity index is 1060. The number of ether oxygens (including phenoxy) is 1. The van der Waals surface area contributed by atoms with Crippen molar-refractivity contribution in [1.82, 2.24) is 10.2 Å². The molecule has 2 aromatic rings. The number of anilines is 1. The first-order valence-electron chi connectivity index (χ1n) is 11.3. The van der Waals surface area contributed by atoms with E-state index in [-0.39, 0.29) is 16.5 Å². The van der Waals surface area contributed by atoms with Crippen LogP contribution in [0, 0.1) is 5.92 Å². The van der Waals surface area contributed by atoms with Crippen molar-refractivity contribution >= 4 is 33.2 Å². The number of methoxy groups -OCH3 is 1. The predicted octanol–water partition coefficient (Wildman–Crippen LogP) is 4.39. The lowest BCUT2D eigenvalue weighted by Gasteiger charge is -2.30. The van der Waals surface area contributed by atoms with E-state index in [2.05, 4.69) is 21.9 Å². The summed E-state index contributed by atoms with van der Waals surface area (Å²) in [6.45, 7) is 6.21. The number of hydrogen-bond acceptors (Lipinski definition) is 5. The van der Waals surface area contributed by atoms with Gasteiger partial charge in [0.15, 0.2) is 0 Å².